The molecule has 6 heterocycles. The number of rotatable bonds is 5. The van der Waals surface area contributed by atoms with E-state index < -0.39 is 0 Å². The third-order valence-corrected chi connectivity index (χ3v) is 12.3. The molecule has 0 aliphatic carbocycles. The van der Waals surface area contributed by atoms with Crippen LogP contribution in [0.4, 0.5) is 17.1 Å². The van der Waals surface area contributed by atoms with Crippen molar-refractivity contribution in [2.75, 3.05) is 4.90 Å². The van der Waals surface area contributed by atoms with Gasteiger partial charge in [-0.1, -0.05) is 71.2 Å². The van der Waals surface area contributed by atoms with Crippen LogP contribution in [0.1, 0.15) is 5.56 Å². The third kappa shape index (κ3) is 4.74. The van der Waals surface area contributed by atoms with E-state index in [0.717, 1.165) is 78.9 Å². The van der Waals surface area contributed by atoms with Crippen molar-refractivity contribution >= 4 is 77.2 Å². The zero-order valence-electron chi connectivity index (χ0n) is 31.9. The van der Waals surface area contributed by atoms with Gasteiger partial charge in [-0.25, -0.2) is 0 Å². The van der Waals surface area contributed by atoms with Crippen molar-refractivity contribution in [3.05, 3.63) is 200 Å². The van der Waals surface area contributed by atoms with Gasteiger partial charge in [0.05, 0.1) is 38.9 Å². The highest BCUT2D eigenvalue weighted by atomic mass is 16.3. The predicted molar refractivity (Wildman–Crippen MR) is 238 cm³/mol. The number of nitrogens with zero attached hydrogens (tertiary/aromatic N) is 4. The topological polar surface area (TPSA) is 45.1 Å². The molecule has 276 valence electrons. The van der Waals surface area contributed by atoms with Gasteiger partial charge in [0.2, 0.25) is 17.4 Å². The number of benzene rings is 7. The fourth-order valence-electron chi connectivity index (χ4n) is 9.66. The van der Waals surface area contributed by atoms with Gasteiger partial charge in [-0.2, -0.15) is 9.67 Å². The first kappa shape index (κ1) is 32.2. The van der Waals surface area contributed by atoms with Crippen molar-refractivity contribution in [3.63, 3.8) is 0 Å². The van der Waals surface area contributed by atoms with Gasteiger partial charge >= 0.3 is 0 Å². The molecule has 59 heavy (non-hydrogen) atoms. The van der Waals surface area contributed by atoms with Crippen LogP contribution in [0.5, 0.6) is 0 Å². The first-order chi connectivity index (χ1) is 29.2. The Balaban J connectivity index is 0.995. The molecule has 1 aliphatic rings. The number of aromatic nitrogens is 4. The van der Waals surface area contributed by atoms with Crippen molar-refractivity contribution in [2.24, 2.45) is 0 Å². The summed E-state index contributed by atoms with van der Waals surface area (Å²) in [6, 6.07) is 65.5. The lowest BCUT2D eigenvalue weighted by Crippen LogP contribution is -2.31. The molecule has 0 amide bonds. The molecule has 6 heteroatoms. The lowest BCUT2D eigenvalue weighted by molar-refractivity contribution is -0.672. The molecule has 0 saturated heterocycles. The van der Waals surface area contributed by atoms with Gasteiger partial charge in [0.25, 0.3) is 0 Å². The van der Waals surface area contributed by atoms with Crippen LogP contribution in [0.15, 0.2) is 199 Å². The Kier molecular flexibility index (Phi) is 6.69. The second-order valence-electron chi connectivity index (χ2n) is 15.5. The van der Waals surface area contributed by atoms with Gasteiger partial charge in [-0.15, -0.1) is 0 Å². The van der Waals surface area contributed by atoms with Gasteiger partial charge in [0, 0.05) is 63.3 Å². The number of H-pyrrole nitrogens is 1. The molecule has 0 atom stereocenters. The van der Waals surface area contributed by atoms with E-state index in [-0.39, 0.29) is 0 Å². The lowest BCUT2D eigenvalue weighted by atomic mass is 10.00. The van der Waals surface area contributed by atoms with Crippen molar-refractivity contribution in [3.8, 4) is 28.1 Å². The summed E-state index contributed by atoms with van der Waals surface area (Å²) in [4.78, 5) is 2.44. The van der Waals surface area contributed by atoms with E-state index in [0.29, 0.717) is 0 Å². The van der Waals surface area contributed by atoms with E-state index in [9.17, 15) is 0 Å². The van der Waals surface area contributed by atoms with Crippen molar-refractivity contribution < 1.29 is 13.5 Å². The maximum atomic E-state index is 6.62. The van der Waals surface area contributed by atoms with Crippen molar-refractivity contribution in [1.29, 1.82) is 0 Å². The largest absolute Gasteiger partial charge is 0.456 e. The van der Waals surface area contributed by atoms with Crippen LogP contribution in [0, 0.1) is 0 Å². The Morgan fingerprint density at radius 1 is 0.525 bits per heavy atom. The number of hydrogen-bond donors (Lipinski definition) is 1. The highest BCUT2D eigenvalue weighted by Gasteiger charge is 2.31. The molecule has 12 aromatic rings. The van der Waals surface area contributed by atoms with E-state index >= 15 is 0 Å². The lowest BCUT2D eigenvalue weighted by Gasteiger charge is -2.27. The minimum atomic E-state index is 0.802. The Morgan fingerprint density at radius 3 is 2.27 bits per heavy atom. The zero-order valence-corrected chi connectivity index (χ0v) is 31.9. The van der Waals surface area contributed by atoms with Crippen LogP contribution in [-0.4, -0.2) is 9.67 Å². The maximum Gasteiger partial charge on any atom is 0.245 e. The van der Waals surface area contributed by atoms with E-state index in [1.165, 1.54) is 38.5 Å². The second kappa shape index (κ2) is 12.3. The number of para-hydroxylation sites is 3. The normalized spacial score (nSPS) is 12.3. The number of furan rings is 1. The summed E-state index contributed by atoms with van der Waals surface area (Å²) in [5, 5.41) is 9.55. The zero-order chi connectivity index (χ0) is 38.6. The summed E-state index contributed by atoms with van der Waals surface area (Å²) in [6.45, 7) is 0.802. The van der Waals surface area contributed by atoms with Crippen LogP contribution in [0.3, 0.4) is 0 Å². The maximum absolute atomic E-state index is 6.62. The van der Waals surface area contributed by atoms with Crippen molar-refractivity contribution in [1.82, 2.24) is 9.67 Å². The quantitative estimate of drug-likeness (QED) is 0.178. The second-order valence-corrected chi connectivity index (χ2v) is 15.5. The smallest absolute Gasteiger partial charge is 0.245 e. The van der Waals surface area contributed by atoms with Gasteiger partial charge in [-0.3, -0.25) is 0 Å². The molecule has 7 aromatic carbocycles. The molecule has 1 N–H and O–H groups in total. The van der Waals surface area contributed by atoms with E-state index in [1.807, 2.05) is 0 Å². The molecular formula is C53H35N5O+2. The molecule has 0 unspecified atom stereocenters. The molecule has 1 aliphatic heterocycles. The summed E-state index contributed by atoms with van der Waals surface area (Å²) >= 11 is 0. The Morgan fingerprint density at radius 2 is 1.31 bits per heavy atom. The summed E-state index contributed by atoms with van der Waals surface area (Å²) in [5.74, 6) is 0. The third-order valence-electron chi connectivity index (χ3n) is 12.3. The minimum absolute atomic E-state index is 0.802. The number of pyridine rings is 2. The fourth-order valence-corrected chi connectivity index (χ4v) is 9.66. The Hall–Kier alpha value is -7.96. The van der Waals surface area contributed by atoms with E-state index in [2.05, 4.69) is 218 Å². The van der Waals surface area contributed by atoms with Gasteiger partial charge in [-0.05, 0) is 96.1 Å². The molecule has 5 aromatic heterocycles. The van der Waals surface area contributed by atoms with Crippen molar-refractivity contribution in [2.45, 2.75) is 6.54 Å². The molecule has 6 nitrogen and oxygen atoms in total. The van der Waals surface area contributed by atoms with Crippen LogP contribution < -0.4 is 14.0 Å². The fraction of sp³-hybridized carbons (Fsp3) is 0.0189. The van der Waals surface area contributed by atoms with Crippen LogP contribution in [-0.2, 0) is 6.54 Å². The highest BCUT2D eigenvalue weighted by molar-refractivity contribution is 6.17. The first-order valence-corrected chi connectivity index (χ1v) is 20.1. The average molecular weight is 758 g/mol. The minimum Gasteiger partial charge on any atom is -0.456 e. The number of nitrogens with one attached hydrogen (secondary N) is 1. The monoisotopic (exact) mass is 757 g/mol. The summed E-state index contributed by atoms with van der Waals surface area (Å²) in [5.41, 5.74) is 16.8. The van der Waals surface area contributed by atoms with E-state index in [1.54, 1.807) is 0 Å². The van der Waals surface area contributed by atoms with Crippen LogP contribution in [0.2, 0.25) is 0 Å². The number of hydrogen-bond acceptors (Lipinski definition) is 2. The highest BCUT2D eigenvalue weighted by Crippen LogP contribution is 2.45. The average Bonchev–Trinajstić information content (AvgIpc) is 4.05. The summed E-state index contributed by atoms with van der Waals surface area (Å²) in [6.07, 6.45) is 4.26. The van der Waals surface area contributed by atoms with Crippen LogP contribution in [0.25, 0.3) is 88.2 Å². The molecule has 0 bridgehead atoms. The Labute approximate surface area is 338 Å². The molecule has 13 rings (SSSR count). The molecule has 0 fully saturated rings. The van der Waals surface area contributed by atoms with Gasteiger partial charge in [0.1, 0.15) is 16.7 Å². The summed E-state index contributed by atoms with van der Waals surface area (Å²) in [7, 11) is 0. The van der Waals surface area contributed by atoms with Crippen LogP contribution >= 0.6 is 0 Å². The Bertz CT molecular complexity index is 3670. The SMILES string of the molecule is c1ccc(-n2c3ccccc3c3cc4c(cc32)oc2ccc(-c3cccc(N(c5cccc6c5C[n+]5ccccc5-6)c5cccc6c5[nH][n+]5ccccc65)c3)cc24)cc1. The van der Waals surface area contributed by atoms with Gasteiger partial charge < -0.3 is 13.9 Å². The summed E-state index contributed by atoms with van der Waals surface area (Å²) < 4.78 is 13.4. The predicted octanol–water partition coefficient (Wildman–Crippen LogP) is 12.4. The number of fused-ring (bicyclic) bond motifs is 12. The first-order valence-electron chi connectivity index (χ1n) is 20.1. The van der Waals surface area contributed by atoms with E-state index in [4.69, 9.17) is 4.42 Å². The molecule has 0 saturated carbocycles. The number of anilines is 3. The molecular weight excluding hydrogens is 723 g/mol. The molecule has 0 radical (unpaired) electrons. The number of aromatic amines is 1. The van der Waals surface area contributed by atoms with Gasteiger partial charge in [0.15, 0.2) is 12.7 Å². The standard InChI is InChI=1S/C53H34N5O/c1-2-14-36(15-3-1)57-47-22-5-4-17-38(47)41-31-43-42-30-35(25-26-51(42)59-52(43)32-50(41)57)34-13-10-16-37(29-34)58(48-23-11-18-39-44(48)33-55-27-8-6-20-45(39)55)49-24-12-19-40-46-21-7-9-28-56(46)54-53(40)49/h1-32H,33H2/q+1/p+1. The molecule has 0 spiro atoms.